The molecule has 0 saturated heterocycles. The second-order valence-electron chi connectivity index (χ2n) is 8.99. The monoisotopic (exact) mass is 568 g/mol. The number of hydrogen-bond donors (Lipinski definition) is 2. The van der Waals surface area contributed by atoms with Gasteiger partial charge in [-0.15, -0.1) is 0 Å². The largest absolute Gasteiger partial charge is 0.489 e. The summed E-state index contributed by atoms with van der Waals surface area (Å²) in [7, 11) is -3.80. The highest BCUT2D eigenvalue weighted by Gasteiger charge is 2.18. The Labute approximate surface area is 238 Å². The third-order valence-corrected chi connectivity index (χ3v) is 8.14. The van der Waals surface area contributed by atoms with Crippen molar-refractivity contribution in [2.45, 2.75) is 23.0 Å². The molecule has 4 N–H and O–H groups in total. The number of primary amides is 2. The lowest BCUT2D eigenvalue weighted by atomic mass is 10.0. The SMILES string of the molecule is C=Cc1ccc(C(N)=O)cc1COc1ccc(S(=O)(=O)c2ccc(OCc3cc(C(N)=O)ccc3C=C)cc2)cc1. The molecule has 0 aliphatic carbocycles. The summed E-state index contributed by atoms with van der Waals surface area (Å²) in [5.41, 5.74) is 14.5. The van der Waals surface area contributed by atoms with Crippen molar-refractivity contribution in [3.63, 3.8) is 0 Å². The summed E-state index contributed by atoms with van der Waals surface area (Å²) < 4.78 is 38.0. The molecule has 0 bridgehead atoms. The zero-order valence-corrected chi connectivity index (χ0v) is 22.9. The van der Waals surface area contributed by atoms with Crippen LogP contribution in [-0.2, 0) is 23.1 Å². The fraction of sp³-hybridized carbons (Fsp3) is 0.0625. The van der Waals surface area contributed by atoms with Gasteiger partial charge in [-0.3, -0.25) is 9.59 Å². The molecule has 0 atom stereocenters. The average Bonchev–Trinajstić information content (AvgIpc) is 2.99. The topological polar surface area (TPSA) is 139 Å². The van der Waals surface area contributed by atoms with Crippen LogP contribution in [0.3, 0.4) is 0 Å². The van der Waals surface area contributed by atoms with Crippen LogP contribution in [0.15, 0.2) is 108 Å². The Morgan fingerprint density at radius 3 is 1.32 bits per heavy atom. The smallest absolute Gasteiger partial charge is 0.248 e. The summed E-state index contributed by atoms with van der Waals surface area (Å²) in [5, 5.41) is 0. The van der Waals surface area contributed by atoms with Crippen LogP contribution in [0.4, 0.5) is 0 Å². The van der Waals surface area contributed by atoms with Crippen LogP contribution < -0.4 is 20.9 Å². The van der Waals surface area contributed by atoms with Gasteiger partial charge in [0.05, 0.1) is 9.79 Å². The summed E-state index contributed by atoms with van der Waals surface area (Å²) in [6, 6.07) is 22.1. The molecule has 0 aliphatic heterocycles. The van der Waals surface area contributed by atoms with Crippen LogP contribution in [-0.4, -0.2) is 20.2 Å². The highest BCUT2D eigenvalue weighted by Crippen LogP contribution is 2.26. The molecule has 8 nitrogen and oxygen atoms in total. The van der Waals surface area contributed by atoms with E-state index in [1.807, 2.05) is 0 Å². The van der Waals surface area contributed by atoms with Crippen molar-refractivity contribution >= 4 is 33.8 Å². The Morgan fingerprint density at radius 1 is 0.634 bits per heavy atom. The van der Waals surface area contributed by atoms with Gasteiger partial charge in [0.2, 0.25) is 21.7 Å². The number of hydrogen-bond acceptors (Lipinski definition) is 6. The van der Waals surface area contributed by atoms with Crippen molar-refractivity contribution in [3.05, 3.63) is 131 Å². The molecule has 9 heteroatoms. The maximum atomic E-state index is 13.2. The fourth-order valence-electron chi connectivity index (χ4n) is 4.05. The highest BCUT2D eigenvalue weighted by atomic mass is 32.2. The third kappa shape index (κ3) is 6.71. The van der Waals surface area contributed by atoms with E-state index in [0.29, 0.717) is 22.6 Å². The number of benzene rings is 4. The van der Waals surface area contributed by atoms with Crippen molar-refractivity contribution in [1.82, 2.24) is 0 Å². The Balaban J connectivity index is 1.43. The van der Waals surface area contributed by atoms with E-state index in [9.17, 15) is 18.0 Å². The summed E-state index contributed by atoms with van der Waals surface area (Å²) in [6.07, 6.45) is 3.30. The predicted octanol–water partition coefficient (Wildman–Crippen LogP) is 5.16. The molecule has 0 aromatic heterocycles. The number of carbonyl (C=O) groups is 2. The van der Waals surface area contributed by atoms with Gasteiger partial charge in [-0.05, 0) is 95.1 Å². The predicted molar refractivity (Wildman–Crippen MR) is 157 cm³/mol. The zero-order valence-electron chi connectivity index (χ0n) is 22.1. The molecule has 208 valence electrons. The van der Waals surface area contributed by atoms with Crippen molar-refractivity contribution in [2.75, 3.05) is 0 Å². The molecule has 0 fully saturated rings. The minimum absolute atomic E-state index is 0.0971. The van der Waals surface area contributed by atoms with Crippen LogP contribution in [0, 0.1) is 0 Å². The van der Waals surface area contributed by atoms with E-state index in [4.69, 9.17) is 20.9 Å². The molecule has 0 spiro atoms. The van der Waals surface area contributed by atoms with Gasteiger partial charge < -0.3 is 20.9 Å². The van der Waals surface area contributed by atoms with E-state index in [-0.39, 0.29) is 23.0 Å². The average molecular weight is 569 g/mol. The van der Waals surface area contributed by atoms with E-state index < -0.39 is 21.7 Å². The molecular weight excluding hydrogens is 540 g/mol. The molecule has 0 saturated carbocycles. The van der Waals surface area contributed by atoms with Gasteiger partial charge in [0, 0.05) is 11.1 Å². The van der Waals surface area contributed by atoms with Crippen LogP contribution in [0.1, 0.15) is 43.0 Å². The number of sulfone groups is 1. The van der Waals surface area contributed by atoms with Gasteiger partial charge in [0.1, 0.15) is 24.7 Å². The molecule has 0 aliphatic rings. The minimum atomic E-state index is -3.80. The molecule has 0 radical (unpaired) electrons. The van der Waals surface area contributed by atoms with Gasteiger partial charge in [-0.25, -0.2) is 8.42 Å². The Kier molecular flexibility index (Phi) is 8.69. The van der Waals surface area contributed by atoms with Gasteiger partial charge in [0.25, 0.3) is 0 Å². The molecule has 4 aromatic carbocycles. The molecule has 0 heterocycles. The fourth-order valence-corrected chi connectivity index (χ4v) is 5.32. The van der Waals surface area contributed by atoms with Crippen LogP contribution in [0.2, 0.25) is 0 Å². The Bertz CT molecular complexity index is 1600. The third-order valence-electron chi connectivity index (χ3n) is 6.35. The lowest BCUT2D eigenvalue weighted by molar-refractivity contribution is 0.0991. The minimum Gasteiger partial charge on any atom is -0.489 e. The number of nitrogens with two attached hydrogens (primary N) is 2. The molecule has 4 rings (SSSR count). The van der Waals surface area contributed by atoms with Crippen LogP contribution >= 0.6 is 0 Å². The van der Waals surface area contributed by atoms with Crippen molar-refractivity contribution in [1.29, 1.82) is 0 Å². The van der Waals surface area contributed by atoms with E-state index in [2.05, 4.69) is 13.2 Å². The quantitative estimate of drug-likeness (QED) is 0.242. The van der Waals surface area contributed by atoms with E-state index in [0.717, 1.165) is 22.3 Å². The van der Waals surface area contributed by atoms with E-state index in [1.165, 1.54) is 24.3 Å². The van der Waals surface area contributed by atoms with Gasteiger partial charge in [-0.2, -0.15) is 0 Å². The Hall–Kier alpha value is -5.15. The maximum Gasteiger partial charge on any atom is 0.248 e. The number of carbonyl (C=O) groups excluding carboxylic acids is 2. The van der Waals surface area contributed by atoms with Gasteiger partial charge in [-0.1, -0.05) is 37.4 Å². The number of ether oxygens (including phenoxy) is 2. The van der Waals surface area contributed by atoms with E-state index in [1.54, 1.807) is 72.8 Å². The molecule has 2 amide bonds. The molecule has 0 unspecified atom stereocenters. The van der Waals surface area contributed by atoms with E-state index >= 15 is 0 Å². The first kappa shape index (κ1) is 28.8. The molecule has 41 heavy (non-hydrogen) atoms. The lowest BCUT2D eigenvalue weighted by Gasteiger charge is -2.12. The van der Waals surface area contributed by atoms with Gasteiger partial charge >= 0.3 is 0 Å². The summed E-state index contributed by atoms with van der Waals surface area (Å²) >= 11 is 0. The second kappa shape index (κ2) is 12.4. The lowest BCUT2D eigenvalue weighted by Crippen LogP contribution is -2.12. The highest BCUT2D eigenvalue weighted by molar-refractivity contribution is 7.91. The maximum absolute atomic E-state index is 13.2. The van der Waals surface area contributed by atoms with Crippen LogP contribution in [0.5, 0.6) is 11.5 Å². The van der Waals surface area contributed by atoms with Crippen LogP contribution in [0.25, 0.3) is 12.2 Å². The first-order valence-electron chi connectivity index (χ1n) is 12.4. The molecule has 4 aromatic rings. The summed E-state index contributed by atoms with van der Waals surface area (Å²) in [6.45, 7) is 7.81. The van der Waals surface area contributed by atoms with Gasteiger partial charge in [0.15, 0.2) is 0 Å². The summed E-state index contributed by atoms with van der Waals surface area (Å²) in [4.78, 5) is 23.2. The normalized spacial score (nSPS) is 10.9. The van der Waals surface area contributed by atoms with Crippen molar-refractivity contribution in [3.8, 4) is 11.5 Å². The van der Waals surface area contributed by atoms with Crippen molar-refractivity contribution < 1.29 is 27.5 Å². The number of amides is 2. The van der Waals surface area contributed by atoms with Crippen molar-refractivity contribution in [2.24, 2.45) is 11.5 Å². The Morgan fingerprint density at radius 2 is 1.00 bits per heavy atom. The first-order chi connectivity index (χ1) is 19.6. The molecular formula is C32H28N2O6S. The second-order valence-corrected chi connectivity index (χ2v) is 10.9. The standard InChI is InChI=1S/C32H28N2O6S/c1-3-21-5-7-23(31(33)35)17-25(21)19-39-27-9-13-29(14-10-27)41(37,38)30-15-11-28(12-16-30)40-20-26-18-24(32(34)36)8-6-22(26)4-2/h3-18H,1-2,19-20H2,(H2,33,35)(H2,34,36). The summed E-state index contributed by atoms with van der Waals surface area (Å²) in [5.74, 6) is -0.196. The first-order valence-corrected chi connectivity index (χ1v) is 13.9. The zero-order chi connectivity index (χ0) is 29.6. The number of rotatable bonds is 12.